The fraction of sp³-hybridized carbons (Fsp3) is 0.556. The van der Waals surface area contributed by atoms with Crippen LogP contribution < -0.4 is 10.1 Å². The summed E-state index contributed by atoms with van der Waals surface area (Å²) in [5.74, 6) is 1.25. The fourth-order valence-corrected chi connectivity index (χ4v) is 3.44. The number of amides is 3. The van der Waals surface area contributed by atoms with Crippen molar-refractivity contribution in [3.05, 3.63) is 24.3 Å². The van der Waals surface area contributed by atoms with Crippen LogP contribution in [0, 0.1) is 5.92 Å². The number of carbonyl (C=O) groups is 2. The van der Waals surface area contributed by atoms with Gasteiger partial charge in [-0.2, -0.15) is 0 Å². The van der Waals surface area contributed by atoms with Gasteiger partial charge in [0, 0.05) is 37.8 Å². The molecule has 1 saturated carbocycles. The van der Waals surface area contributed by atoms with Gasteiger partial charge in [-0.25, -0.2) is 4.79 Å². The van der Waals surface area contributed by atoms with Gasteiger partial charge >= 0.3 is 6.03 Å². The summed E-state index contributed by atoms with van der Waals surface area (Å²) in [7, 11) is 1.61. The average molecular weight is 331 g/mol. The highest BCUT2D eigenvalue weighted by Gasteiger charge is 2.30. The Morgan fingerprint density at radius 1 is 1.00 bits per heavy atom. The van der Waals surface area contributed by atoms with E-state index in [0.29, 0.717) is 26.2 Å². The monoisotopic (exact) mass is 331 g/mol. The molecule has 1 aromatic rings. The van der Waals surface area contributed by atoms with Crippen molar-refractivity contribution in [1.29, 1.82) is 0 Å². The molecule has 6 heteroatoms. The molecule has 0 bridgehead atoms. The summed E-state index contributed by atoms with van der Waals surface area (Å²) in [6.45, 7) is 2.43. The Balaban J connectivity index is 1.48. The van der Waals surface area contributed by atoms with E-state index in [1.54, 1.807) is 12.0 Å². The van der Waals surface area contributed by atoms with Gasteiger partial charge in [0.2, 0.25) is 5.91 Å². The molecule has 0 unspecified atom stereocenters. The highest BCUT2D eigenvalue weighted by molar-refractivity contribution is 5.89. The quantitative estimate of drug-likeness (QED) is 0.926. The number of rotatable bonds is 3. The van der Waals surface area contributed by atoms with Crippen molar-refractivity contribution >= 4 is 17.6 Å². The molecule has 1 N–H and O–H groups in total. The highest BCUT2D eigenvalue weighted by Crippen LogP contribution is 2.27. The van der Waals surface area contributed by atoms with Gasteiger partial charge in [0.1, 0.15) is 5.75 Å². The lowest BCUT2D eigenvalue weighted by atomic mass is 10.1. The molecule has 0 aromatic heterocycles. The van der Waals surface area contributed by atoms with Crippen molar-refractivity contribution in [3.8, 4) is 5.75 Å². The smallest absolute Gasteiger partial charge is 0.321 e. The molecular formula is C18H25N3O3. The zero-order chi connectivity index (χ0) is 16.9. The third kappa shape index (κ3) is 3.80. The van der Waals surface area contributed by atoms with Gasteiger partial charge in [0.25, 0.3) is 0 Å². The van der Waals surface area contributed by atoms with Gasteiger partial charge in [0.05, 0.1) is 7.11 Å². The number of nitrogens with zero attached hydrogens (tertiary/aromatic N) is 2. The van der Waals surface area contributed by atoms with Crippen LogP contribution in [0.3, 0.4) is 0 Å². The summed E-state index contributed by atoms with van der Waals surface area (Å²) in [4.78, 5) is 28.4. The number of benzene rings is 1. The Hall–Kier alpha value is -2.24. The molecule has 1 aliphatic carbocycles. The minimum Gasteiger partial charge on any atom is -0.497 e. The van der Waals surface area contributed by atoms with Crippen LogP contribution in [0.2, 0.25) is 0 Å². The SMILES string of the molecule is COc1ccc(NC(=O)N2CCN(C(=O)C3CCCC3)CC2)cc1. The van der Waals surface area contributed by atoms with Gasteiger partial charge < -0.3 is 19.9 Å². The van der Waals surface area contributed by atoms with Gasteiger partial charge in [0.15, 0.2) is 0 Å². The van der Waals surface area contributed by atoms with Crippen molar-refractivity contribution in [2.75, 3.05) is 38.6 Å². The molecule has 130 valence electrons. The van der Waals surface area contributed by atoms with Crippen molar-refractivity contribution in [3.63, 3.8) is 0 Å². The highest BCUT2D eigenvalue weighted by atomic mass is 16.5. The van der Waals surface area contributed by atoms with E-state index < -0.39 is 0 Å². The number of methoxy groups -OCH3 is 1. The van der Waals surface area contributed by atoms with Crippen LogP contribution in [0.5, 0.6) is 5.75 Å². The molecule has 3 amide bonds. The Kier molecular flexibility index (Phi) is 5.23. The lowest BCUT2D eigenvalue weighted by Gasteiger charge is -2.36. The van der Waals surface area contributed by atoms with Gasteiger partial charge in [-0.3, -0.25) is 4.79 Å². The molecule has 2 fully saturated rings. The number of carbonyl (C=O) groups excluding carboxylic acids is 2. The molecule has 0 radical (unpaired) electrons. The number of nitrogens with one attached hydrogen (secondary N) is 1. The minimum atomic E-state index is -0.117. The van der Waals surface area contributed by atoms with Gasteiger partial charge in [-0.05, 0) is 37.1 Å². The predicted molar refractivity (Wildman–Crippen MR) is 92.1 cm³/mol. The Bertz CT molecular complexity index is 574. The third-order valence-corrected chi connectivity index (χ3v) is 4.92. The molecule has 3 rings (SSSR count). The van der Waals surface area contributed by atoms with E-state index in [0.717, 1.165) is 24.3 Å². The van der Waals surface area contributed by atoms with Crippen LogP contribution >= 0.6 is 0 Å². The second-order valence-corrected chi connectivity index (χ2v) is 6.45. The summed E-state index contributed by atoms with van der Waals surface area (Å²) >= 11 is 0. The Morgan fingerprint density at radius 3 is 2.17 bits per heavy atom. The summed E-state index contributed by atoms with van der Waals surface area (Å²) < 4.78 is 5.11. The molecule has 1 aliphatic heterocycles. The number of hydrogen-bond donors (Lipinski definition) is 1. The molecule has 1 heterocycles. The first-order valence-corrected chi connectivity index (χ1v) is 8.66. The third-order valence-electron chi connectivity index (χ3n) is 4.92. The number of urea groups is 1. The lowest BCUT2D eigenvalue weighted by Crippen LogP contribution is -2.52. The van der Waals surface area contributed by atoms with Crippen LogP contribution in [-0.2, 0) is 4.79 Å². The second kappa shape index (κ2) is 7.55. The molecular weight excluding hydrogens is 306 g/mol. The first kappa shape index (κ1) is 16.6. The first-order valence-electron chi connectivity index (χ1n) is 8.66. The van der Waals surface area contributed by atoms with E-state index in [1.165, 1.54) is 12.8 Å². The molecule has 1 aromatic carbocycles. The van der Waals surface area contributed by atoms with Crippen LogP contribution in [0.1, 0.15) is 25.7 Å². The zero-order valence-corrected chi connectivity index (χ0v) is 14.2. The first-order chi connectivity index (χ1) is 11.7. The van der Waals surface area contributed by atoms with E-state index in [4.69, 9.17) is 4.74 Å². The van der Waals surface area contributed by atoms with Crippen molar-refractivity contribution in [1.82, 2.24) is 9.80 Å². The van der Waals surface area contributed by atoms with Crippen molar-refractivity contribution in [2.45, 2.75) is 25.7 Å². The average Bonchev–Trinajstić information content (AvgIpc) is 3.16. The molecule has 1 saturated heterocycles. The number of hydrogen-bond acceptors (Lipinski definition) is 3. The summed E-state index contributed by atoms with van der Waals surface area (Å²) in [5, 5.41) is 2.89. The topological polar surface area (TPSA) is 61.9 Å². The van der Waals surface area contributed by atoms with Crippen LogP contribution in [0.4, 0.5) is 10.5 Å². The fourth-order valence-electron chi connectivity index (χ4n) is 3.44. The maximum absolute atomic E-state index is 12.4. The molecule has 24 heavy (non-hydrogen) atoms. The minimum absolute atomic E-state index is 0.117. The normalized spacial score (nSPS) is 18.5. The van der Waals surface area contributed by atoms with E-state index in [1.807, 2.05) is 29.2 Å². The van der Waals surface area contributed by atoms with Gasteiger partial charge in [-0.1, -0.05) is 12.8 Å². The van der Waals surface area contributed by atoms with E-state index in [-0.39, 0.29) is 17.9 Å². The number of piperazine rings is 1. The molecule has 6 nitrogen and oxygen atoms in total. The molecule has 0 spiro atoms. The van der Waals surface area contributed by atoms with Crippen LogP contribution in [0.15, 0.2) is 24.3 Å². The summed E-state index contributed by atoms with van der Waals surface area (Å²) in [6, 6.07) is 7.14. The Morgan fingerprint density at radius 2 is 1.58 bits per heavy atom. The van der Waals surface area contributed by atoms with Crippen LogP contribution in [-0.4, -0.2) is 55.0 Å². The largest absolute Gasteiger partial charge is 0.497 e. The van der Waals surface area contributed by atoms with Gasteiger partial charge in [-0.15, -0.1) is 0 Å². The van der Waals surface area contributed by atoms with Crippen molar-refractivity contribution in [2.24, 2.45) is 5.92 Å². The maximum Gasteiger partial charge on any atom is 0.321 e. The molecule has 0 atom stereocenters. The van der Waals surface area contributed by atoms with E-state index >= 15 is 0 Å². The second-order valence-electron chi connectivity index (χ2n) is 6.45. The number of anilines is 1. The molecule has 2 aliphatic rings. The standard InChI is InChI=1S/C18H25N3O3/c1-24-16-8-6-15(7-9-16)19-18(23)21-12-10-20(11-13-21)17(22)14-4-2-3-5-14/h6-9,14H,2-5,10-13H2,1H3,(H,19,23). The maximum atomic E-state index is 12.4. The Labute approximate surface area is 142 Å². The number of ether oxygens (including phenoxy) is 1. The summed E-state index contributed by atoms with van der Waals surface area (Å²) in [5.41, 5.74) is 0.741. The van der Waals surface area contributed by atoms with E-state index in [9.17, 15) is 9.59 Å². The lowest BCUT2D eigenvalue weighted by molar-refractivity contribution is -0.136. The van der Waals surface area contributed by atoms with E-state index in [2.05, 4.69) is 5.32 Å². The summed E-state index contributed by atoms with van der Waals surface area (Å²) in [6.07, 6.45) is 4.38. The zero-order valence-electron chi connectivity index (χ0n) is 14.2. The predicted octanol–water partition coefficient (Wildman–Crippen LogP) is 2.56. The van der Waals surface area contributed by atoms with Crippen molar-refractivity contribution < 1.29 is 14.3 Å². The van der Waals surface area contributed by atoms with Crippen LogP contribution in [0.25, 0.3) is 0 Å².